The van der Waals surface area contributed by atoms with Gasteiger partial charge in [0.15, 0.2) is 0 Å². The van der Waals surface area contributed by atoms with Gasteiger partial charge < -0.3 is 5.32 Å². The fourth-order valence-electron chi connectivity index (χ4n) is 2.63. The molecule has 0 saturated heterocycles. The minimum absolute atomic E-state index is 0.419. The zero-order valence-electron chi connectivity index (χ0n) is 12.6. The molecule has 0 amide bonds. The number of aromatic nitrogens is 2. The Labute approximate surface area is 121 Å². The van der Waals surface area contributed by atoms with Gasteiger partial charge in [0.2, 0.25) is 0 Å². The summed E-state index contributed by atoms with van der Waals surface area (Å²) in [5, 5.41) is 3.43. The van der Waals surface area contributed by atoms with Crippen LogP contribution >= 0.6 is 0 Å². The zero-order chi connectivity index (χ0) is 14.2. The number of hydrogen-bond acceptors (Lipinski definition) is 3. The van der Waals surface area contributed by atoms with Crippen molar-refractivity contribution in [3.63, 3.8) is 0 Å². The maximum absolute atomic E-state index is 4.39. The minimum Gasteiger partial charge on any atom is -0.313 e. The maximum Gasteiger partial charge on any atom is 0.0890 e. The van der Waals surface area contributed by atoms with Crippen LogP contribution in [0.15, 0.2) is 30.6 Å². The number of benzene rings is 1. The van der Waals surface area contributed by atoms with Crippen LogP contribution in [0.5, 0.6) is 0 Å². The third-order valence-corrected chi connectivity index (χ3v) is 3.84. The van der Waals surface area contributed by atoms with E-state index in [1.54, 1.807) is 12.4 Å². The highest BCUT2D eigenvalue weighted by Gasteiger charge is 2.09. The molecule has 0 fully saturated rings. The molecule has 0 bridgehead atoms. The van der Waals surface area contributed by atoms with Crippen molar-refractivity contribution in [3.8, 4) is 0 Å². The van der Waals surface area contributed by atoms with Gasteiger partial charge in [-0.15, -0.1) is 0 Å². The Kier molecular flexibility index (Phi) is 5.93. The van der Waals surface area contributed by atoms with Crippen LogP contribution in [-0.2, 0) is 0 Å². The van der Waals surface area contributed by atoms with Crippen LogP contribution in [0.2, 0.25) is 0 Å². The fraction of sp³-hybridized carbons (Fsp3) is 0.529. The van der Waals surface area contributed by atoms with E-state index in [9.17, 15) is 0 Å². The molecule has 0 aliphatic heterocycles. The molecule has 0 aliphatic rings. The molecular weight excluding hydrogens is 246 g/mol. The molecule has 1 unspecified atom stereocenters. The molecule has 0 aliphatic carbocycles. The van der Waals surface area contributed by atoms with Gasteiger partial charge in [-0.3, -0.25) is 9.97 Å². The van der Waals surface area contributed by atoms with Crippen molar-refractivity contribution >= 4 is 11.0 Å². The van der Waals surface area contributed by atoms with Crippen LogP contribution in [0, 0.1) is 0 Å². The molecule has 1 N–H and O–H groups in total. The largest absolute Gasteiger partial charge is 0.313 e. The predicted molar refractivity (Wildman–Crippen MR) is 84.7 cm³/mol. The SMILES string of the molecule is CCCCCCCC(NC)c1ccc2nccnc2c1. The fourth-order valence-corrected chi connectivity index (χ4v) is 2.63. The summed E-state index contributed by atoms with van der Waals surface area (Å²) < 4.78 is 0. The van der Waals surface area contributed by atoms with Crippen molar-refractivity contribution in [2.45, 2.75) is 51.5 Å². The van der Waals surface area contributed by atoms with E-state index in [-0.39, 0.29) is 0 Å². The Bertz CT molecular complexity index is 524. The van der Waals surface area contributed by atoms with E-state index in [4.69, 9.17) is 0 Å². The summed E-state index contributed by atoms with van der Waals surface area (Å²) in [6.07, 6.45) is 11.3. The van der Waals surface area contributed by atoms with Gasteiger partial charge in [0.05, 0.1) is 11.0 Å². The molecule has 0 saturated carbocycles. The Morgan fingerprint density at radius 2 is 1.75 bits per heavy atom. The second-order valence-electron chi connectivity index (χ2n) is 5.35. The van der Waals surface area contributed by atoms with E-state index in [1.807, 2.05) is 7.05 Å². The third-order valence-electron chi connectivity index (χ3n) is 3.84. The quantitative estimate of drug-likeness (QED) is 0.729. The number of fused-ring (bicyclic) bond motifs is 1. The van der Waals surface area contributed by atoms with Gasteiger partial charge in [0, 0.05) is 18.4 Å². The van der Waals surface area contributed by atoms with E-state index in [0.717, 1.165) is 11.0 Å². The Hall–Kier alpha value is -1.48. The normalized spacial score (nSPS) is 12.7. The van der Waals surface area contributed by atoms with Crippen molar-refractivity contribution in [2.75, 3.05) is 7.05 Å². The van der Waals surface area contributed by atoms with E-state index >= 15 is 0 Å². The number of hydrogen-bond donors (Lipinski definition) is 1. The summed E-state index contributed by atoms with van der Waals surface area (Å²) in [4.78, 5) is 8.71. The first-order valence-electron chi connectivity index (χ1n) is 7.73. The standard InChI is InChI=1S/C17H25N3/c1-3-4-5-6-7-8-15(18-2)14-9-10-16-17(13-14)20-12-11-19-16/h9-13,15,18H,3-8H2,1-2H3. The van der Waals surface area contributed by atoms with Crippen molar-refractivity contribution in [2.24, 2.45) is 0 Å². The molecule has 3 nitrogen and oxygen atoms in total. The highest BCUT2D eigenvalue weighted by Crippen LogP contribution is 2.22. The second kappa shape index (κ2) is 7.95. The van der Waals surface area contributed by atoms with E-state index in [0.29, 0.717) is 6.04 Å². The number of unbranched alkanes of at least 4 members (excludes halogenated alkanes) is 4. The van der Waals surface area contributed by atoms with Gasteiger partial charge in [-0.1, -0.05) is 45.1 Å². The predicted octanol–water partition coefficient (Wildman–Crippen LogP) is 4.25. The molecule has 108 valence electrons. The van der Waals surface area contributed by atoms with Gasteiger partial charge >= 0.3 is 0 Å². The lowest BCUT2D eigenvalue weighted by Gasteiger charge is -2.17. The number of nitrogens with one attached hydrogen (secondary N) is 1. The number of rotatable bonds is 8. The average Bonchev–Trinajstić information content (AvgIpc) is 2.50. The molecule has 1 heterocycles. The topological polar surface area (TPSA) is 37.8 Å². The zero-order valence-corrected chi connectivity index (χ0v) is 12.6. The van der Waals surface area contributed by atoms with Gasteiger partial charge in [0.25, 0.3) is 0 Å². The highest BCUT2D eigenvalue weighted by molar-refractivity contribution is 5.74. The first-order chi connectivity index (χ1) is 9.85. The first kappa shape index (κ1) is 14.9. The lowest BCUT2D eigenvalue weighted by atomic mass is 9.99. The van der Waals surface area contributed by atoms with Crippen LogP contribution in [0.3, 0.4) is 0 Å². The van der Waals surface area contributed by atoms with E-state index in [1.165, 1.54) is 44.1 Å². The smallest absolute Gasteiger partial charge is 0.0890 e. The van der Waals surface area contributed by atoms with Gasteiger partial charge in [-0.25, -0.2) is 0 Å². The Balaban J connectivity index is 1.98. The lowest BCUT2D eigenvalue weighted by Crippen LogP contribution is -2.16. The van der Waals surface area contributed by atoms with Crippen molar-refractivity contribution < 1.29 is 0 Å². The molecule has 3 heteroatoms. The molecule has 20 heavy (non-hydrogen) atoms. The molecule has 1 aromatic carbocycles. The summed E-state index contributed by atoms with van der Waals surface area (Å²) in [5.74, 6) is 0. The summed E-state index contributed by atoms with van der Waals surface area (Å²) in [7, 11) is 2.04. The van der Waals surface area contributed by atoms with E-state index in [2.05, 4.69) is 40.4 Å². The summed E-state index contributed by atoms with van der Waals surface area (Å²) >= 11 is 0. The summed E-state index contributed by atoms with van der Waals surface area (Å²) in [6.45, 7) is 2.26. The Morgan fingerprint density at radius 1 is 1.00 bits per heavy atom. The van der Waals surface area contributed by atoms with Crippen LogP contribution in [-0.4, -0.2) is 17.0 Å². The number of nitrogens with zero attached hydrogens (tertiary/aromatic N) is 2. The van der Waals surface area contributed by atoms with Crippen molar-refractivity contribution in [1.82, 2.24) is 15.3 Å². The first-order valence-corrected chi connectivity index (χ1v) is 7.73. The van der Waals surface area contributed by atoms with Crippen LogP contribution in [0.4, 0.5) is 0 Å². The van der Waals surface area contributed by atoms with E-state index < -0.39 is 0 Å². The molecule has 2 aromatic rings. The van der Waals surface area contributed by atoms with Crippen molar-refractivity contribution in [3.05, 3.63) is 36.2 Å². The second-order valence-corrected chi connectivity index (χ2v) is 5.35. The summed E-state index contributed by atoms with van der Waals surface area (Å²) in [6, 6.07) is 6.82. The minimum atomic E-state index is 0.419. The summed E-state index contributed by atoms with van der Waals surface area (Å²) in [5.41, 5.74) is 3.27. The molecule has 2 rings (SSSR count). The average molecular weight is 271 g/mol. The molecule has 0 spiro atoms. The molecule has 1 atom stereocenters. The van der Waals surface area contributed by atoms with Gasteiger partial charge in [-0.2, -0.15) is 0 Å². The molecule has 1 aromatic heterocycles. The van der Waals surface area contributed by atoms with Gasteiger partial charge in [0.1, 0.15) is 0 Å². The van der Waals surface area contributed by atoms with Crippen LogP contribution in [0.1, 0.15) is 57.1 Å². The maximum atomic E-state index is 4.39. The third kappa shape index (κ3) is 4.01. The van der Waals surface area contributed by atoms with Crippen LogP contribution in [0.25, 0.3) is 11.0 Å². The molecular formula is C17H25N3. The Morgan fingerprint density at radius 3 is 2.50 bits per heavy atom. The monoisotopic (exact) mass is 271 g/mol. The van der Waals surface area contributed by atoms with Crippen LogP contribution < -0.4 is 5.32 Å². The highest BCUT2D eigenvalue weighted by atomic mass is 14.9. The molecule has 0 radical (unpaired) electrons. The lowest BCUT2D eigenvalue weighted by molar-refractivity contribution is 0.501. The van der Waals surface area contributed by atoms with Crippen molar-refractivity contribution in [1.29, 1.82) is 0 Å². The van der Waals surface area contributed by atoms with Gasteiger partial charge in [-0.05, 0) is 31.2 Å².